The fourth-order valence-electron chi connectivity index (χ4n) is 2.30. The van der Waals surface area contributed by atoms with Gasteiger partial charge < -0.3 is 20.1 Å². The molecule has 0 heterocycles. The summed E-state index contributed by atoms with van der Waals surface area (Å²) in [5, 5.41) is 5.18. The molecule has 0 unspecified atom stereocenters. The Balaban J connectivity index is 2.93. The van der Waals surface area contributed by atoms with Gasteiger partial charge in [0, 0.05) is 6.42 Å². The number of nitrogens with one attached hydrogen (secondary N) is 2. The molecule has 0 aliphatic rings. The van der Waals surface area contributed by atoms with E-state index in [4.69, 9.17) is 9.47 Å². The van der Waals surface area contributed by atoms with E-state index in [0.29, 0.717) is 0 Å². The molecular formula is C20H28N2O5. The van der Waals surface area contributed by atoms with Crippen molar-refractivity contribution >= 4 is 18.0 Å². The summed E-state index contributed by atoms with van der Waals surface area (Å²) in [5.41, 5.74) is 0.155. The first-order valence-corrected chi connectivity index (χ1v) is 8.68. The molecule has 0 aliphatic heterocycles. The van der Waals surface area contributed by atoms with E-state index in [-0.39, 0.29) is 12.8 Å². The zero-order chi connectivity index (χ0) is 20.4. The molecule has 1 rings (SSSR count). The molecule has 0 fully saturated rings. The second kappa shape index (κ2) is 10.4. The lowest BCUT2D eigenvalue weighted by molar-refractivity contribution is -0.145. The highest BCUT2D eigenvalue weighted by Gasteiger charge is 2.28. The van der Waals surface area contributed by atoms with Crippen LogP contribution in [0.1, 0.15) is 32.8 Å². The molecule has 1 aromatic rings. The minimum Gasteiger partial charge on any atom is -0.467 e. The number of alkyl carbamates (subject to hydrolysis) is 1. The van der Waals surface area contributed by atoms with Crippen LogP contribution in [-0.4, -0.2) is 42.8 Å². The minimum atomic E-state index is -0.917. The van der Waals surface area contributed by atoms with Gasteiger partial charge in [-0.05, 0) is 32.8 Å². The Morgan fingerprint density at radius 3 is 2.26 bits per heavy atom. The zero-order valence-electron chi connectivity index (χ0n) is 16.3. The molecule has 0 saturated carbocycles. The van der Waals surface area contributed by atoms with Crippen LogP contribution in [0.3, 0.4) is 0 Å². The summed E-state index contributed by atoms with van der Waals surface area (Å²) in [6.07, 6.45) is 1.25. The lowest BCUT2D eigenvalue weighted by Gasteiger charge is -2.24. The molecule has 2 atom stereocenters. The molecule has 7 nitrogen and oxygen atoms in total. The Kier molecular flexibility index (Phi) is 8.51. The molecule has 0 saturated heterocycles. The summed E-state index contributed by atoms with van der Waals surface area (Å²) in [6.45, 7) is 8.77. The summed E-state index contributed by atoms with van der Waals surface area (Å²) >= 11 is 0. The van der Waals surface area contributed by atoms with E-state index in [2.05, 4.69) is 17.2 Å². The van der Waals surface area contributed by atoms with Crippen LogP contribution >= 0.6 is 0 Å². The Morgan fingerprint density at radius 1 is 1.11 bits per heavy atom. The average molecular weight is 376 g/mol. The lowest BCUT2D eigenvalue weighted by Crippen LogP contribution is -2.53. The lowest BCUT2D eigenvalue weighted by atomic mass is 10.0. The van der Waals surface area contributed by atoms with Gasteiger partial charge in [0.2, 0.25) is 5.91 Å². The van der Waals surface area contributed by atoms with Crippen LogP contribution < -0.4 is 10.6 Å². The summed E-state index contributed by atoms with van der Waals surface area (Å²) in [6, 6.07) is 7.44. The van der Waals surface area contributed by atoms with Gasteiger partial charge in [-0.3, -0.25) is 4.79 Å². The van der Waals surface area contributed by atoms with Crippen molar-refractivity contribution in [3.63, 3.8) is 0 Å². The number of amides is 2. The Labute approximate surface area is 160 Å². The van der Waals surface area contributed by atoms with E-state index >= 15 is 0 Å². The number of carbonyl (C=O) groups is 3. The van der Waals surface area contributed by atoms with Crippen molar-refractivity contribution in [1.82, 2.24) is 10.6 Å². The second-order valence-electron chi connectivity index (χ2n) is 7.00. The van der Waals surface area contributed by atoms with Crippen LogP contribution in [0.4, 0.5) is 4.79 Å². The van der Waals surface area contributed by atoms with Crippen LogP contribution in [-0.2, 0) is 25.5 Å². The molecule has 1 aromatic carbocycles. The maximum Gasteiger partial charge on any atom is 0.408 e. The summed E-state index contributed by atoms with van der Waals surface area (Å²) < 4.78 is 9.94. The number of rotatable bonds is 8. The highest BCUT2D eigenvalue weighted by atomic mass is 16.6. The molecule has 2 amide bonds. The summed E-state index contributed by atoms with van der Waals surface area (Å²) in [5.74, 6) is -1.10. The fraction of sp³-hybridized carbons (Fsp3) is 0.450. The highest BCUT2D eigenvalue weighted by molar-refractivity contribution is 5.90. The van der Waals surface area contributed by atoms with Gasteiger partial charge in [0.1, 0.15) is 17.7 Å². The molecule has 7 heteroatoms. The molecule has 0 aliphatic carbocycles. The quantitative estimate of drug-likeness (QED) is 0.537. The molecule has 0 spiro atoms. The normalized spacial score (nSPS) is 13.0. The highest BCUT2D eigenvalue weighted by Crippen LogP contribution is 2.09. The van der Waals surface area contributed by atoms with Gasteiger partial charge >= 0.3 is 12.1 Å². The van der Waals surface area contributed by atoms with Gasteiger partial charge in [-0.2, -0.15) is 0 Å². The zero-order valence-corrected chi connectivity index (χ0v) is 16.3. The van der Waals surface area contributed by atoms with Crippen molar-refractivity contribution < 1.29 is 23.9 Å². The number of carbonyl (C=O) groups excluding carboxylic acids is 3. The fourth-order valence-corrected chi connectivity index (χ4v) is 2.30. The van der Waals surface area contributed by atoms with Crippen molar-refractivity contribution in [1.29, 1.82) is 0 Å². The third kappa shape index (κ3) is 8.40. The maximum absolute atomic E-state index is 12.7. The molecular weight excluding hydrogens is 348 g/mol. The van der Waals surface area contributed by atoms with Gasteiger partial charge in [0.25, 0.3) is 0 Å². The second-order valence-corrected chi connectivity index (χ2v) is 7.00. The minimum absolute atomic E-state index is 0.211. The van der Waals surface area contributed by atoms with E-state index in [9.17, 15) is 14.4 Å². The molecule has 0 bridgehead atoms. The van der Waals surface area contributed by atoms with Crippen molar-refractivity contribution in [2.45, 2.75) is 51.3 Å². The van der Waals surface area contributed by atoms with E-state index < -0.39 is 35.7 Å². The number of esters is 1. The predicted molar refractivity (Wildman–Crippen MR) is 102 cm³/mol. The first kappa shape index (κ1) is 22.2. The molecule has 27 heavy (non-hydrogen) atoms. The van der Waals surface area contributed by atoms with Crippen LogP contribution in [0.5, 0.6) is 0 Å². The van der Waals surface area contributed by atoms with Crippen LogP contribution in [0.2, 0.25) is 0 Å². The summed E-state index contributed by atoms with van der Waals surface area (Å²) in [7, 11) is 1.24. The smallest absolute Gasteiger partial charge is 0.408 e. The molecule has 2 N–H and O–H groups in total. The van der Waals surface area contributed by atoms with Crippen LogP contribution in [0, 0.1) is 0 Å². The Bertz CT molecular complexity index is 652. The number of hydrogen-bond donors (Lipinski definition) is 2. The first-order chi connectivity index (χ1) is 12.7. The predicted octanol–water partition coefficient (Wildman–Crippen LogP) is 2.36. The first-order valence-electron chi connectivity index (χ1n) is 8.68. The summed E-state index contributed by atoms with van der Waals surface area (Å²) in [4.78, 5) is 36.7. The Morgan fingerprint density at radius 2 is 1.74 bits per heavy atom. The van der Waals surface area contributed by atoms with Crippen molar-refractivity contribution in [3.05, 3.63) is 48.6 Å². The molecule has 148 valence electrons. The van der Waals surface area contributed by atoms with Gasteiger partial charge in [0.15, 0.2) is 0 Å². The number of ether oxygens (including phenoxy) is 2. The van der Waals surface area contributed by atoms with E-state index in [1.165, 1.54) is 13.2 Å². The van der Waals surface area contributed by atoms with Crippen molar-refractivity contribution in [3.8, 4) is 0 Å². The Hall–Kier alpha value is -2.83. The monoisotopic (exact) mass is 376 g/mol. The van der Waals surface area contributed by atoms with Gasteiger partial charge in [-0.25, -0.2) is 9.59 Å². The van der Waals surface area contributed by atoms with Gasteiger partial charge in [0.05, 0.1) is 7.11 Å². The van der Waals surface area contributed by atoms with Gasteiger partial charge in [-0.1, -0.05) is 36.4 Å². The van der Waals surface area contributed by atoms with Crippen molar-refractivity contribution in [2.24, 2.45) is 0 Å². The average Bonchev–Trinajstić information content (AvgIpc) is 2.59. The third-order valence-electron chi connectivity index (χ3n) is 3.49. The largest absolute Gasteiger partial charge is 0.467 e. The number of benzene rings is 1. The standard InChI is InChI=1S/C20H28N2O5/c1-6-10-15(18(24)26-5)21-17(23)16(13-14-11-8-7-9-12-14)22-19(25)27-20(2,3)4/h6-9,11-12,15-16H,1,10,13H2,2-5H3,(H,21,23)(H,22,25)/t15-,16+/m1/s1. The molecule has 0 radical (unpaired) electrons. The number of hydrogen-bond acceptors (Lipinski definition) is 5. The van der Waals surface area contributed by atoms with E-state index in [0.717, 1.165) is 5.56 Å². The third-order valence-corrected chi connectivity index (χ3v) is 3.49. The van der Waals surface area contributed by atoms with Crippen LogP contribution in [0.15, 0.2) is 43.0 Å². The maximum atomic E-state index is 12.7. The molecule has 0 aromatic heterocycles. The van der Waals surface area contributed by atoms with Crippen molar-refractivity contribution in [2.75, 3.05) is 7.11 Å². The van der Waals surface area contributed by atoms with Crippen LogP contribution in [0.25, 0.3) is 0 Å². The SMILES string of the molecule is C=CC[C@@H](NC(=O)[C@H](Cc1ccccc1)NC(=O)OC(C)(C)C)C(=O)OC. The topological polar surface area (TPSA) is 93.7 Å². The number of methoxy groups -OCH3 is 1. The van der Waals surface area contributed by atoms with Gasteiger partial charge in [-0.15, -0.1) is 6.58 Å². The van der Waals surface area contributed by atoms with E-state index in [1.807, 2.05) is 30.3 Å². The van der Waals surface area contributed by atoms with E-state index in [1.54, 1.807) is 20.8 Å².